The van der Waals surface area contributed by atoms with Gasteiger partial charge in [0.05, 0.1) is 22.6 Å². The van der Waals surface area contributed by atoms with Crippen LogP contribution < -0.4 is 0 Å². The van der Waals surface area contributed by atoms with Crippen LogP contribution in [0.4, 0.5) is 0 Å². The Kier molecular flexibility index (Phi) is 9.54. The van der Waals surface area contributed by atoms with Crippen LogP contribution in [-0.2, 0) is 20.7 Å². The Bertz CT molecular complexity index is 1140. The number of thiophene rings is 1. The molecule has 3 rings (SSSR count). The summed E-state index contributed by atoms with van der Waals surface area (Å²) in [6, 6.07) is 8.01. The first kappa shape index (κ1) is 27.4. The number of fused-ring (bicyclic) bond motifs is 1. The van der Waals surface area contributed by atoms with Crippen LogP contribution in [0.15, 0.2) is 36.4 Å². The van der Waals surface area contributed by atoms with E-state index in [2.05, 4.69) is 11.8 Å². The average Bonchev–Trinajstić information content (AvgIpc) is 3.23. The summed E-state index contributed by atoms with van der Waals surface area (Å²) >= 11 is 8.19. The van der Waals surface area contributed by atoms with Gasteiger partial charge in [-0.05, 0) is 25.3 Å². The maximum atomic E-state index is 13.2. The molecule has 0 aliphatic heterocycles. The van der Waals surface area contributed by atoms with Crippen molar-refractivity contribution in [3.05, 3.63) is 46.3 Å². The highest BCUT2D eigenvalue weighted by atomic mass is 35.5. The number of aliphatic hydroxyl groups excluding tert-OH is 1. The van der Waals surface area contributed by atoms with Crippen molar-refractivity contribution in [2.75, 3.05) is 7.11 Å². The van der Waals surface area contributed by atoms with Crippen LogP contribution in [0.3, 0.4) is 0 Å². The van der Waals surface area contributed by atoms with Crippen molar-refractivity contribution < 1.29 is 24.5 Å². The summed E-state index contributed by atoms with van der Waals surface area (Å²) in [5.74, 6) is 4.81. The summed E-state index contributed by atoms with van der Waals surface area (Å²) in [5, 5.41) is 21.2. The summed E-state index contributed by atoms with van der Waals surface area (Å²) in [7, 11) is 1.61. The van der Waals surface area contributed by atoms with Crippen LogP contribution in [0.5, 0.6) is 0 Å². The molecule has 1 fully saturated rings. The zero-order chi connectivity index (χ0) is 25.6. The molecule has 7 heteroatoms. The summed E-state index contributed by atoms with van der Waals surface area (Å²) < 4.78 is 6.88. The van der Waals surface area contributed by atoms with E-state index in [0.717, 1.165) is 20.0 Å². The molecule has 2 N–H and O–H groups in total. The Labute approximate surface area is 216 Å². The number of rotatable bonds is 10. The number of aliphatic carboxylic acids is 1. The van der Waals surface area contributed by atoms with Crippen LogP contribution in [0, 0.1) is 29.1 Å². The van der Waals surface area contributed by atoms with Gasteiger partial charge in [-0.1, -0.05) is 55.8 Å². The molecular formula is C28H33ClO5S. The van der Waals surface area contributed by atoms with Gasteiger partial charge >= 0.3 is 5.97 Å². The SMILES string of the molecule is CO[C@H]1C(/C=C/C(O)CCc2sc3ccccc3c2Cl)[C@@H](CC#CCCCC(=O)O)C(=O)C1(C)C. The van der Waals surface area contributed by atoms with Crippen LogP contribution >= 0.6 is 22.9 Å². The number of ether oxygens (including phenoxy) is 1. The molecule has 2 aromatic rings. The van der Waals surface area contributed by atoms with E-state index in [1.165, 1.54) is 0 Å². The van der Waals surface area contributed by atoms with Gasteiger partial charge < -0.3 is 14.9 Å². The first-order valence-electron chi connectivity index (χ1n) is 11.9. The van der Waals surface area contributed by atoms with E-state index >= 15 is 0 Å². The van der Waals surface area contributed by atoms with Crippen molar-refractivity contribution in [3.8, 4) is 11.8 Å². The molecule has 1 aromatic carbocycles. The zero-order valence-electron chi connectivity index (χ0n) is 20.4. The lowest BCUT2D eigenvalue weighted by molar-refractivity contribution is -0.137. The van der Waals surface area contributed by atoms with E-state index < -0.39 is 17.5 Å². The molecule has 0 spiro atoms. The Morgan fingerprint density at radius 1 is 1.31 bits per heavy atom. The van der Waals surface area contributed by atoms with E-state index in [1.807, 2.05) is 44.2 Å². The van der Waals surface area contributed by atoms with Crippen molar-refractivity contribution in [1.29, 1.82) is 0 Å². The Balaban J connectivity index is 1.66. The van der Waals surface area contributed by atoms with Crippen molar-refractivity contribution >= 4 is 44.8 Å². The fraction of sp³-hybridized carbons (Fsp3) is 0.500. The maximum Gasteiger partial charge on any atom is 0.303 e. The number of aryl methyl sites for hydroxylation is 1. The van der Waals surface area contributed by atoms with Crippen molar-refractivity contribution in [2.45, 2.75) is 64.6 Å². The number of halogens is 1. The lowest BCUT2D eigenvalue weighted by atomic mass is 9.86. The first-order chi connectivity index (χ1) is 16.7. The number of carbonyl (C=O) groups excluding carboxylic acids is 1. The van der Waals surface area contributed by atoms with E-state index in [-0.39, 0.29) is 30.1 Å². The molecule has 2 unspecified atom stereocenters. The molecule has 188 valence electrons. The van der Waals surface area contributed by atoms with Crippen LogP contribution in [0.2, 0.25) is 5.02 Å². The standard InChI is InChI=1S/C28H33ClO5S/c1-28(2)26(33)19(10-6-4-5-7-13-24(31)32)20(27(28)34-3)16-14-18(30)15-17-23-25(29)21-11-8-9-12-22(21)35-23/h8-9,11-12,14,16,18-20,27,30H,5,7,10,13,15,17H2,1-3H3,(H,31,32)/b16-14+/t18?,19-,20?,27+/m1/s1. The van der Waals surface area contributed by atoms with Crippen LogP contribution in [-0.4, -0.2) is 41.3 Å². The molecule has 0 bridgehead atoms. The number of benzene rings is 1. The molecular weight excluding hydrogens is 484 g/mol. The van der Waals surface area contributed by atoms with E-state index in [4.69, 9.17) is 21.4 Å². The second-order valence-corrected chi connectivity index (χ2v) is 11.1. The lowest BCUT2D eigenvalue weighted by Gasteiger charge is -2.26. The molecule has 35 heavy (non-hydrogen) atoms. The molecule has 1 aromatic heterocycles. The summed E-state index contributed by atoms with van der Waals surface area (Å²) in [5.41, 5.74) is -0.658. The third-order valence-electron chi connectivity index (χ3n) is 6.71. The number of aliphatic hydroxyl groups is 1. The minimum atomic E-state index is -0.833. The molecule has 4 atom stereocenters. The number of ketones is 1. The third kappa shape index (κ3) is 6.54. The van der Waals surface area contributed by atoms with Gasteiger partial charge in [0.1, 0.15) is 5.78 Å². The van der Waals surface area contributed by atoms with E-state index in [1.54, 1.807) is 24.5 Å². The van der Waals surface area contributed by atoms with Gasteiger partial charge in [0.15, 0.2) is 0 Å². The molecule has 0 amide bonds. The highest BCUT2D eigenvalue weighted by Crippen LogP contribution is 2.46. The lowest BCUT2D eigenvalue weighted by Crippen LogP contribution is -2.33. The predicted molar refractivity (Wildman–Crippen MR) is 141 cm³/mol. The Hall–Kier alpha value is -2.17. The maximum absolute atomic E-state index is 13.2. The molecule has 1 heterocycles. The molecule has 1 aliphatic rings. The first-order valence-corrected chi connectivity index (χ1v) is 13.1. The number of methoxy groups -OCH3 is 1. The number of hydrogen-bond acceptors (Lipinski definition) is 5. The van der Waals surface area contributed by atoms with Gasteiger partial charge in [-0.3, -0.25) is 9.59 Å². The van der Waals surface area contributed by atoms with Gasteiger partial charge in [-0.2, -0.15) is 0 Å². The third-order valence-corrected chi connectivity index (χ3v) is 8.49. The molecule has 1 saturated carbocycles. The fourth-order valence-corrected chi connectivity index (χ4v) is 6.40. The van der Waals surface area contributed by atoms with Crippen molar-refractivity contribution in [3.63, 3.8) is 0 Å². The van der Waals surface area contributed by atoms with Crippen molar-refractivity contribution in [2.24, 2.45) is 17.3 Å². The molecule has 0 saturated heterocycles. The van der Waals surface area contributed by atoms with Gasteiger partial charge in [0.2, 0.25) is 0 Å². The summed E-state index contributed by atoms with van der Waals surface area (Å²) in [4.78, 5) is 24.9. The number of carboxylic acids is 1. The average molecular weight is 517 g/mol. The molecule has 1 aliphatic carbocycles. The highest BCUT2D eigenvalue weighted by molar-refractivity contribution is 7.19. The Morgan fingerprint density at radius 2 is 2.06 bits per heavy atom. The van der Waals surface area contributed by atoms with Crippen molar-refractivity contribution in [1.82, 2.24) is 0 Å². The summed E-state index contributed by atoms with van der Waals surface area (Å²) in [6.45, 7) is 3.79. The zero-order valence-corrected chi connectivity index (χ0v) is 22.0. The molecule has 0 radical (unpaired) electrons. The van der Waals surface area contributed by atoms with E-state index in [9.17, 15) is 14.7 Å². The number of unbranched alkanes of at least 4 members (excludes halogenated alkanes) is 1. The van der Waals surface area contributed by atoms with Crippen LogP contribution in [0.1, 0.15) is 50.8 Å². The highest BCUT2D eigenvalue weighted by Gasteiger charge is 2.54. The quantitative estimate of drug-likeness (QED) is 0.233. The second kappa shape index (κ2) is 12.2. The Morgan fingerprint density at radius 3 is 2.74 bits per heavy atom. The molecule has 5 nitrogen and oxygen atoms in total. The fourth-order valence-electron chi connectivity index (χ4n) is 4.86. The van der Waals surface area contributed by atoms with E-state index in [0.29, 0.717) is 32.1 Å². The van der Waals surface area contributed by atoms with Gasteiger partial charge in [0.25, 0.3) is 0 Å². The summed E-state index contributed by atoms with van der Waals surface area (Å²) in [6.07, 6.45) is 5.34. The van der Waals surface area contributed by atoms with Gasteiger partial charge in [-0.15, -0.1) is 23.2 Å². The predicted octanol–water partition coefficient (Wildman–Crippen LogP) is 5.91. The minimum Gasteiger partial charge on any atom is -0.481 e. The number of carbonyl (C=O) groups is 2. The minimum absolute atomic E-state index is 0.0891. The topological polar surface area (TPSA) is 83.8 Å². The number of hydrogen-bond donors (Lipinski definition) is 2. The number of Topliss-reactive ketones (excluding diaryl/α,β-unsaturated/α-hetero) is 1. The second-order valence-electron chi connectivity index (χ2n) is 9.56. The van der Waals surface area contributed by atoms with Gasteiger partial charge in [-0.25, -0.2) is 0 Å². The monoisotopic (exact) mass is 516 g/mol. The number of carboxylic acid groups (broad SMARTS) is 1. The smallest absolute Gasteiger partial charge is 0.303 e. The van der Waals surface area contributed by atoms with Gasteiger partial charge in [0, 0.05) is 53.2 Å². The largest absolute Gasteiger partial charge is 0.481 e. The van der Waals surface area contributed by atoms with Crippen LogP contribution in [0.25, 0.3) is 10.1 Å². The normalized spacial score (nSPS) is 22.4.